The Bertz CT molecular complexity index is 663. The van der Waals surface area contributed by atoms with E-state index >= 15 is 0 Å². The third-order valence-corrected chi connectivity index (χ3v) is 5.51. The molecule has 0 N–H and O–H groups in total. The number of nitrogens with zero attached hydrogens (tertiary/aromatic N) is 2. The minimum Gasteiger partial charge on any atom is -0.447 e. The van der Waals surface area contributed by atoms with Gasteiger partial charge in [0.1, 0.15) is 5.76 Å². The summed E-state index contributed by atoms with van der Waals surface area (Å²) in [5, 5.41) is -0.0900. The van der Waals surface area contributed by atoms with Crippen molar-refractivity contribution in [3.63, 3.8) is 0 Å². The quantitative estimate of drug-likeness (QED) is 0.794. The van der Waals surface area contributed by atoms with Gasteiger partial charge < -0.3 is 4.42 Å². The predicted molar refractivity (Wildman–Crippen MR) is 73.8 cm³/mol. The Kier molecular flexibility index (Phi) is 4.29. The summed E-state index contributed by atoms with van der Waals surface area (Å²) in [6, 6.07) is 2.98. The molecule has 2 rings (SSSR count). The molecule has 0 aliphatic heterocycles. The summed E-state index contributed by atoms with van der Waals surface area (Å²) in [7, 11) is -2.12. The fraction of sp³-hybridized carbons (Fsp3) is 0.364. The van der Waals surface area contributed by atoms with E-state index in [0.717, 1.165) is 10.6 Å². The third-order valence-electron chi connectivity index (χ3n) is 2.64. The van der Waals surface area contributed by atoms with Crippen LogP contribution >= 0.6 is 22.9 Å². The van der Waals surface area contributed by atoms with Crippen molar-refractivity contribution in [1.82, 2.24) is 9.29 Å². The van der Waals surface area contributed by atoms with E-state index < -0.39 is 10.0 Å². The van der Waals surface area contributed by atoms with Crippen LogP contribution < -0.4 is 0 Å². The fourth-order valence-electron chi connectivity index (χ4n) is 1.49. The molecule has 0 bridgehead atoms. The number of alkyl halides is 1. The molecule has 0 aliphatic carbocycles. The van der Waals surface area contributed by atoms with Crippen LogP contribution in [0.4, 0.5) is 0 Å². The van der Waals surface area contributed by atoms with Gasteiger partial charge in [-0.15, -0.1) is 22.9 Å². The van der Waals surface area contributed by atoms with Gasteiger partial charge in [-0.2, -0.15) is 4.31 Å². The van der Waals surface area contributed by atoms with Crippen molar-refractivity contribution in [2.45, 2.75) is 24.4 Å². The van der Waals surface area contributed by atoms with Gasteiger partial charge in [0.05, 0.1) is 17.1 Å². The number of aromatic nitrogens is 1. The number of thiazole rings is 1. The summed E-state index contributed by atoms with van der Waals surface area (Å²) >= 11 is 7.03. The van der Waals surface area contributed by atoms with E-state index in [1.807, 2.05) is 6.92 Å². The SMILES string of the molecule is Cc1ncsc1CN(C)S(=O)(=O)c1ccc(CCl)o1. The molecule has 0 unspecified atom stereocenters. The lowest BCUT2D eigenvalue weighted by Crippen LogP contribution is -2.26. The van der Waals surface area contributed by atoms with Gasteiger partial charge in [-0.25, -0.2) is 13.4 Å². The lowest BCUT2D eigenvalue weighted by molar-refractivity contribution is 0.394. The zero-order valence-corrected chi connectivity index (χ0v) is 12.8. The molecule has 0 atom stereocenters. The van der Waals surface area contributed by atoms with Crippen LogP contribution in [0, 0.1) is 6.92 Å². The van der Waals surface area contributed by atoms with E-state index in [0.29, 0.717) is 5.76 Å². The van der Waals surface area contributed by atoms with E-state index in [1.165, 1.54) is 28.8 Å². The van der Waals surface area contributed by atoms with Gasteiger partial charge in [-0.05, 0) is 19.1 Å². The first-order valence-corrected chi connectivity index (χ1v) is 8.30. The molecule has 0 saturated carbocycles. The van der Waals surface area contributed by atoms with E-state index in [2.05, 4.69) is 4.98 Å². The van der Waals surface area contributed by atoms with Gasteiger partial charge >= 0.3 is 0 Å². The molecule has 0 radical (unpaired) electrons. The molecule has 19 heavy (non-hydrogen) atoms. The Labute approximate surface area is 120 Å². The molecular weight excluding hydrogens is 308 g/mol. The molecule has 0 aliphatic rings. The molecule has 0 amide bonds. The van der Waals surface area contributed by atoms with Gasteiger partial charge in [0.15, 0.2) is 0 Å². The Morgan fingerprint density at radius 3 is 2.74 bits per heavy atom. The summed E-state index contributed by atoms with van der Waals surface area (Å²) in [4.78, 5) is 5.01. The van der Waals surface area contributed by atoms with Crippen LogP contribution in [-0.4, -0.2) is 24.8 Å². The first kappa shape index (κ1) is 14.5. The lowest BCUT2D eigenvalue weighted by atomic mass is 10.4. The predicted octanol–water partition coefficient (Wildman–Crippen LogP) is 2.60. The minimum absolute atomic E-state index is 0.0900. The highest BCUT2D eigenvalue weighted by Crippen LogP contribution is 2.22. The highest BCUT2D eigenvalue weighted by atomic mass is 35.5. The number of hydrogen-bond acceptors (Lipinski definition) is 5. The van der Waals surface area contributed by atoms with E-state index in [-0.39, 0.29) is 17.5 Å². The maximum Gasteiger partial charge on any atom is 0.276 e. The normalized spacial score (nSPS) is 12.2. The Hall–Kier alpha value is -0.890. The molecule has 0 spiro atoms. The molecule has 104 valence electrons. The second-order valence-corrected chi connectivity index (χ2v) is 7.16. The summed E-state index contributed by atoms with van der Waals surface area (Å²) in [6.07, 6.45) is 0. The van der Waals surface area contributed by atoms with Crippen molar-refractivity contribution in [1.29, 1.82) is 0 Å². The average Bonchev–Trinajstić information content (AvgIpc) is 2.99. The first-order valence-electron chi connectivity index (χ1n) is 5.45. The smallest absolute Gasteiger partial charge is 0.276 e. The molecule has 2 aromatic rings. The number of furan rings is 1. The van der Waals surface area contributed by atoms with Crippen LogP contribution in [-0.2, 0) is 22.4 Å². The van der Waals surface area contributed by atoms with Gasteiger partial charge in [-0.3, -0.25) is 0 Å². The maximum atomic E-state index is 12.3. The van der Waals surface area contributed by atoms with Crippen molar-refractivity contribution in [2.24, 2.45) is 0 Å². The van der Waals surface area contributed by atoms with Crippen LogP contribution in [0.1, 0.15) is 16.3 Å². The first-order chi connectivity index (χ1) is 8.95. The highest BCUT2D eigenvalue weighted by molar-refractivity contribution is 7.88. The standard InChI is InChI=1S/C11H13ClN2O3S2/c1-8-10(18-7-13-8)6-14(2)19(15,16)11-4-3-9(5-12)17-11/h3-4,7H,5-6H2,1-2H3. The molecule has 2 aromatic heterocycles. The molecule has 0 aromatic carbocycles. The summed E-state index contributed by atoms with van der Waals surface area (Å²) < 4.78 is 31.0. The number of halogens is 1. The molecule has 0 fully saturated rings. The summed E-state index contributed by atoms with van der Waals surface area (Å²) in [6.45, 7) is 2.13. The van der Waals surface area contributed by atoms with Crippen LogP contribution in [0.2, 0.25) is 0 Å². The Morgan fingerprint density at radius 2 is 2.21 bits per heavy atom. The van der Waals surface area contributed by atoms with Gasteiger partial charge in [-0.1, -0.05) is 0 Å². The van der Waals surface area contributed by atoms with Crippen molar-refractivity contribution in [3.05, 3.63) is 34.0 Å². The largest absolute Gasteiger partial charge is 0.447 e. The van der Waals surface area contributed by atoms with E-state index in [9.17, 15) is 8.42 Å². The number of aryl methyl sites for hydroxylation is 1. The Morgan fingerprint density at radius 1 is 1.47 bits per heavy atom. The zero-order valence-electron chi connectivity index (χ0n) is 10.5. The molecule has 0 saturated heterocycles. The summed E-state index contributed by atoms with van der Waals surface area (Å²) in [5.41, 5.74) is 2.54. The van der Waals surface area contributed by atoms with Crippen molar-refractivity contribution < 1.29 is 12.8 Å². The number of hydrogen-bond donors (Lipinski definition) is 0. The molecular formula is C11H13ClN2O3S2. The second-order valence-electron chi connectivity index (χ2n) is 3.98. The van der Waals surface area contributed by atoms with Gasteiger partial charge in [0, 0.05) is 18.5 Å². The number of rotatable bonds is 5. The lowest BCUT2D eigenvalue weighted by Gasteiger charge is -2.14. The number of sulfonamides is 1. The van der Waals surface area contributed by atoms with Crippen LogP contribution in [0.3, 0.4) is 0 Å². The van der Waals surface area contributed by atoms with E-state index in [4.69, 9.17) is 16.0 Å². The van der Waals surface area contributed by atoms with Crippen molar-refractivity contribution in [3.8, 4) is 0 Å². The van der Waals surface area contributed by atoms with Crippen LogP contribution in [0.5, 0.6) is 0 Å². The monoisotopic (exact) mass is 320 g/mol. The van der Waals surface area contributed by atoms with Gasteiger partial charge in [0.25, 0.3) is 10.0 Å². The molecule has 5 nitrogen and oxygen atoms in total. The van der Waals surface area contributed by atoms with Crippen LogP contribution in [0.25, 0.3) is 0 Å². The van der Waals surface area contributed by atoms with Gasteiger partial charge in [0.2, 0.25) is 5.09 Å². The molecule has 2 heterocycles. The van der Waals surface area contributed by atoms with E-state index in [1.54, 1.807) is 11.6 Å². The Balaban J connectivity index is 2.22. The zero-order chi connectivity index (χ0) is 14.0. The third kappa shape index (κ3) is 3.00. The fourth-order valence-corrected chi connectivity index (χ4v) is 3.60. The maximum absolute atomic E-state index is 12.3. The highest BCUT2D eigenvalue weighted by Gasteiger charge is 2.25. The second kappa shape index (κ2) is 5.62. The average molecular weight is 321 g/mol. The van der Waals surface area contributed by atoms with Crippen molar-refractivity contribution in [2.75, 3.05) is 7.05 Å². The minimum atomic E-state index is -3.63. The van der Waals surface area contributed by atoms with Crippen molar-refractivity contribution >= 4 is 33.0 Å². The van der Waals surface area contributed by atoms with Crippen LogP contribution in [0.15, 0.2) is 27.2 Å². The topological polar surface area (TPSA) is 63.4 Å². The summed E-state index contributed by atoms with van der Waals surface area (Å²) in [5.74, 6) is 0.579. The molecule has 8 heteroatoms.